The van der Waals surface area contributed by atoms with Gasteiger partial charge in [0.05, 0.1) is 6.61 Å². The Hall–Kier alpha value is -1.02. The maximum atomic E-state index is 5.94. The predicted molar refractivity (Wildman–Crippen MR) is 76.0 cm³/mol. The van der Waals surface area contributed by atoms with Crippen LogP contribution in [0.1, 0.15) is 44.7 Å². The number of nitrogens with one attached hydrogen (secondary N) is 1. The van der Waals surface area contributed by atoms with Crippen LogP contribution in [0.5, 0.6) is 5.75 Å². The van der Waals surface area contributed by atoms with Crippen molar-refractivity contribution in [2.24, 2.45) is 5.92 Å². The van der Waals surface area contributed by atoms with Gasteiger partial charge in [0.15, 0.2) is 0 Å². The molecule has 0 heterocycles. The van der Waals surface area contributed by atoms with Gasteiger partial charge < -0.3 is 10.1 Å². The molecule has 0 amide bonds. The highest BCUT2D eigenvalue weighted by atomic mass is 16.5. The third kappa shape index (κ3) is 4.34. The van der Waals surface area contributed by atoms with Gasteiger partial charge in [0.25, 0.3) is 0 Å². The molecule has 2 nitrogen and oxygen atoms in total. The summed E-state index contributed by atoms with van der Waals surface area (Å²) in [6.07, 6.45) is 2.67. The summed E-state index contributed by atoms with van der Waals surface area (Å²) in [5, 5.41) is 3.53. The van der Waals surface area contributed by atoms with Gasteiger partial charge in [-0.05, 0) is 52.5 Å². The van der Waals surface area contributed by atoms with Gasteiger partial charge in [-0.3, -0.25) is 0 Å². The molecule has 1 aromatic rings. The van der Waals surface area contributed by atoms with E-state index >= 15 is 0 Å². The lowest BCUT2D eigenvalue weighted by Gasteiger charge is -2.22. The minimum absolute atomic E-state index is 0.136. The number of hydrogen-bond donors (Lipinski definition) is 1. The van der Waals surface area contributed by atoms with Crippen molar-refractivity contribution in [3.05, 3.63) is 29.3 Å². The zero-order valence-electron chi connectivity index (χ0n) is 12.0. The number of rotatable bonds is 5. The maximum Gasteiger partial charge on any atom is 0.123 e. The van der Waals surface area contributed by atoms with Crippen LogP contribution in [0, 0.1) is 12.8 Å². The number of hydrogen-bond acceptors (Lipinski definition) is 2. The first-order valence-corrected chi connectivity index (χ1v) is 6.91. The summed E-state index contributed by atoms with van der Waals surface area (Å²) in [5.41, 5.74) is 2.70. The van der Waals surface area contributed by atoms with Crippen molar-refractivity contribution in [2.75, 3.05) is 6.61 Å². The summed E-state index contributed by atoms with van der Waals surface area (Å²) < 4.78 is 5.94. The molecule has 0 bridgehead atoms. The van der Waals surface area contributed by atoms with Crippen LogP contribution in [0.2, 0.25) is 0 Å². The minimum atomic E-state index is 0.136. The Morgan fingerprint density at radius 2 is 2.00 bits per heavy atom. The highest BCUT2D eigenvalue weighted by Gasteiger charge is 2.22. The van der Waals surface area contributed by atoms with E-state index in [-0.39, 0.29) is 5.54 Å². The van der Waals surface area contributed by atoms with Crippen molar-refractivity contribution in [3.8, 4) is 5.75 Å². The van der Waals surface area contributed by atoms with Crippen molar-refractivity contribution in [1.82, 2.24) is 5.32 Å². The summed E-state index contributed by atoms with van der Waals surface area (Å²) >= 11 is 0. The quantitative estimate of drug-likeness (QED) is 0.857. The lowest BCUT2D eigenvalue weighted by molar-refractivity contribution is 0.294. The Labute approximate surface area is 111 Å². The average molecular weight is 247 g/mol. The van der Waals surface area contributed by atoms with Crippen LogP contribution < -0.4 is 10.1 Å². The van der Waals surface area contributed by atoms with Crippen LogP contribution in [-0.4, -0.2) is 12.1 Å². The second-order valence-corrected chi connectivity index (χ2v) is 6.47. The van der Waals surface area contributed by atoms with Gasteiger partial charge in [-0.25, -0.2) is 0 Å². The second kappa shape index (κ2) is 5.31. The third-order valence-electron chi connectivity index (χ3n) is 3.20. The Morgan fingerprint density at radius 1 is 1.28 bits per heavy atom. The second-order valence-electron chi connectivity index (χ2n) is 6.47. The molecule has 1 aliphatic carbocycles. The van der Waals surface area contributed by atoms with Gasteiger partial charge >= 0.3 is 0 Å². The van der Waals surface area contributed by atoms with Crippen molar-refractivity contribution in [2.45, 2.75) is 52.6 Å². The standard InChI is InChI=1S/C16H25NO/c1-12-5-8-15(18-11-13-6-7-13)14(9-12)10-17-16(2,3)4/h5,8-9,13,17H,6-7,10-11H2,1-4H3. The summed E-state index contributed by atoms with van der Waals surface area (Å²) in [6, 6.07) is 6.46. The molecule has 0 radical (unpaired) electrons. The summed E-state index contributed by atoms with van der Waals surface area (Å²) in [4.78, 5) is 0. The molecular weight excluding hydrogens is 222 g/mol. The van der Waals surface area contributed by atoms with E-state index in [0.717, 1.165) is 24.8 Å². The molecule has 0 unspecified atom stereocenters. The fraction of sp³-hybridized carbons (Fsp3) is 0.625. The molecule has 1 N–H and O–H groups in total. The number of aryl methyl sites for hydroxylation is 1. The molecular formula is C16H25NO. The van der Waals surface area contributed by atoms with Crippen LogP contribution >= 0.6 is 0 Å². The van der Waals surface area contributed by atoms with Crippen LogP contribution in [0.25, 0.3) is 0 Å². The van der Waals surface area contributed by atoms with Gasteiger partial charge in [0.1, 0.15) is 5.75 Å². The molecule has 1 saturated carbocycles. The van der Waals surface area contributed by atoms with E-state index < -0.39 is 0 Å². The molecule has 100 valence electrons. The van der Waals surface area contributed by atoms with E-state index in [1.807, 2.05) is 0 Å². The van der Waals surface area contributed by atoms with E-state index in [2.05, 4.69) is 51.2 Å². The van der Waals surface area contributed by atoms with Gasteiger partial charge in [0.2, 0.25) is 0 Å². The highest BCUT2D eigenvalue weighted by molar-refractivity contribution is 5.37. The largest absolute Gasteiger partial charge is 0.493 e. The highest BCUT2D eigenvalue weighted by Crippen LogP contribution is 2.30. The predicted octanol–water partition coefficient (Wildman–Crippen LogP) is 3.67. The Kier molecular flexibility index (Phi) is 3.96. The average Bonchev–Trinajstić information content (AvgIpc) is 3.08. The molecule has 0 aromatic heterocycles. The smallest absolute Gasteiger partial charge is 0.123 e. The van der Waals surface area contributed by atoms with Crippen LogP contribution in [-0.2, 0) is 6.54 Å². The molecule has 1 aliphatic rings. The van der Waals surface area contributed by atoms with Gasteiger partial charge in [-0.1, -0.05) is 17.7 Å². The SMILES string of the molecule is Cc1ccc(OCC2CC2)c(CNC(C)(C)C)c1. The van der Waals surface area contributed by atoms with E-state index in [4.69, 9.17) is 4.74 Å². The normalized spacial score (nSPS) is 15.8. The van der Waals surface area contributed by atoms with Crippen molar-refractivity contribution < 1.29 is 4.74 Å². The summed E-state index contributed by atoms with van der Waals surface area (Å²) in [5.74, 6) is 1.85. The van der Waals surface area contributed by atoms with Crippen LogP contribution in [0.15, 0.2) is 18.2 Å². The molecule has 18 heavy (non-hydrogen) atoms. The molecule has 2 rings (SSSR count). The van der Waals surface area contributed by atoms with E-state index in [9.17, 15) is 0 Å². The van der Waals surface area contributed by atoms with Crippen molar-refractivity contribution in [3.63, 3.8) is 0 Å². The lowest BCUT2D eigenvalue weighted by atomic mass is 10.1. The van der Waals surface area contributed by atoms with Crippen molar-refractivity contribution >= 4 is 0 Å². The Balaban J connectivity index is 2.02. The van der Waals surface area contributed by atoms with Gasteiger partial charge in [0, 0.05) is 17.6 Å². The zero-order chi connectivity index (χ0) is 13.2. The van der Waals surface area contributed by atoms with E-state index in [1.54, 1.807) is 0 Å². The molecule has 2 heteroatoms. The fourth-order valence-corrected chi connectivity index (χ4v) is 1.84. The number of benzene rings is 1. The summed E-state index contributed by atoms with van der Waals surface area (Å²) in [6.45, 7) is 10.4. The molecule has 0 aliphatic heterocycles. The first-order valence-electron chi connectivity index (χ1n) is 6.91. The van der Waals surface area contributed by atoms with Crippen molar-refractivity contribution in [1.29, 1.82) is 0 Å². The molecule has 0 spiro atoms. The number of ether oxygens (including phenoxy) is 1. The van der Waals surface area contributed by atoms with Crippen LogP contribution in [0.4, 0.5) is 0 Å². The summed E-state index contributed by atoms with van der Waals surface area (Å²) in [7, 11) is 0. The molecule has 0 saturated heterocycles. The molecule has 0 atom stereocenters. The van der Waals surface area contributed by atoms with Gasteiger partial charge in [-0.15, -0.1) is 0 Å². The first-order chi connectivity index (χ1) is 8.44. The molecule has 1 aromatic carbocycles. The third-order valence-corrected chi connectivity index (χ3v) is 3.20. The fourth-order valence-electron chi connectivity index (χ4n) is 1.84. The topological polar surface area (TPSA) is 21.3 Å². The van der Waals surface area contributed by atoms with E-state index in [0.29, 0.717) is 0 Å². The van der Waals surface area contributed by atoms with Gasteiger partial charge in [-0.2, -0.15) is 0 Å². The van der Waals surface area contributed by atoms with Crippen LogP contribution in [0.3, 0.4) is 0 Å². The first kappa shape index (κ1) is 13.4. The van der Waals surface area contributed by atoms with E-state index in [1.165, 1.54) is 24.0 Å². The zero-order valence-corrected chi connectivity index (χ0v) is 12.0. The Bertz CT molecular complexity index is 402. The Morgan fingerprint density at radius 3 is 2.61 bits per heavy atom. The lowest BCUT2D eigenvalue weighted by Crippen LogP contribution is -2.35. The minimum Gasteiger partial charge on any atom is -0.493 e. The molecule has 1 fully saturated rings. The maximum absolute atomic E-state index is 5.94. The monoisotopic (exact) mass is 247 g/mol.